The molecule has 0 rings (SSSR count). The van der Waals surface area contributed by atoms with Crippen molar-refractivity contribution in [1.82, 2.24) is 5.32 Å². The van der Waals surface area contributed by atoms with Gasteiger partial charge in [-0.25, -0.2) is 0 Å². The zero-order chi connectivity index (χ0) is 40.7. The van der Waals surface area contributed by atoms with Gasteiger partial charge in [-0.3, -0.25) is 9.36 Å². The summed E-state index contributed by atoms with van der Waals surface area (Å²) in [5.74, 6) is -0.171. The van der Waals surface area contributed by atoms with Crippen LogP contribution in [0.3, 0.4) is 0 Å². The molecule has 0 aromatic carbocycles. The zero-order valence-corrected chi connectivity index (χ0v) is 38.3. The molecule has 0 saturated carbocycles. The molecule has 55 heavy (non-hydrogen) atoms. The molecule has 0 aliphatic carbocycles. The van der Waals surface area contributed by atoms with E-state index in [1.54, 1.807) is 0 Å². The lowest BCUT2D eigenvalue weighted by molar-refractivity contribution is -0.870. The number of phosphoric ester groups is 1. The maximum absolute atomic E-state index is 12.7. The molecule has 0 radical (unpaired) electrons. The second-order valence-electron chi connectivity index (χ2n) is 17.8. The topological polar surface area (TPSA) is 108 Å². The monoisotopic (exact) mass is 803 g/mol. The van der Waals surface area contributed by atoms with Gasteiger partial charge in [0.25, 0.3) is 7.82 Å². The van der Waals surface area contributed by atoms with Gasteiger partial charge in [0.05, 0.1) is 39.9 Å². The van der Waals surface area contributed by atoms with Gasteiger partial charge in [0.2, 0.25) is 5.91 Å². The van der Waals surface area contributed by atoms with Crippen LogP contribution < -0.4 is 10.2 Å². The van der Waals surface area contributed by atoms with Crippen molar-refractivity contribution in [2.75, 3.05) is 40.9 Å². The molecule has 330 valence electrons. The van der Waals surface area contributed by atoms with Crippen LogP contribution in [0.15, 0.2) is 0 Å². The Bertz CT molecular complexity index is 870. The normalized spacial score (nSPS) is 14.2. The number of amides is 1. The number of likely N-dealkylation sites (N-methyl/N-ethyl adjacent to an activating group) is 1. The summed E-state index contributed by atoms with van der Waals surface area (Å²) in [6, 6.07) is -0.790. The summed E-state index contributed by atoms with van der Waals surface area (Å²) < 4.78 is 22.9. The fourth-order valence-electron chi connectivity index (χ4n) is 7.28. The average molecular weight is 803 g/mol. The summed E-state index contributed by atoms with van der Waals surface area (Å²) in [6.07, 6.45) is 43.7. The van der Waals surface area contributed by atoms with E-state index in [0.29, 0.717) is 23.9 Å². The number of hydrogen-bond donors (Lipinski definition) is 2. The van der Waals surface area contributed by atoms with Crippen LogP contribution in [0.4, 0.5) is 0 Å². The van der Waals surface area contributed by atoms with Crippen molar-refractivity contribution < 1.29 is 32.9 Å². The summed E-state index contributed by atoms with van der Waals surface area (Å²) >= 11 is 0. The standard InChI is InChI=1S/C46H95N2O6P/c1-6-8-10-11-12-13-14-15-16-17-18-19-20-21-22-23-24-25-26-27-28-29-30-31-32-33-34-35-36-38-40-46(50)47-44(45(49)39-37-9-7-2)43-54-55(51,52)53-42-41-48(3,4)5/h44-45,49H,6-43H2,1-5H3,(H-,47,50,51,52). The van der Waals surface area contributed by atoms with Crippen LogP contribution >= 0.6 is 7.82 Å². The number of phosphoric acid groups is 1. The third kappa shape index (κ3) is 41.5. The summed E-state index contributed by atoms with van der Waals surface area (Å²) in [4.78, 5) is 25.0. The minimum Gasteiger partial charge on any atom is -0.756 e. The molecule has 0 aromatic rings. The number of unbranched alkanes of at least 4 members (excludes halogenated alkanes) is 31. The molecule has 0 saturated heterocycles. The minimum absolute atomic E-state index is 0.0139. The molecule has 0 aromatic heterocycles. The van der Waals surface area contributed by atoms with E-state index in [4.69, 9.17) is 9.05 Å². The van der Waals surface area contributed by atoms with E-state index >= 15 is 0 Å². The second kappa shape index (κ2) is 39.0. The Hall–Kier alpha value is -0.500. The quantitative estimate of drug-likeness (QED) is 0.0361. The first-order chi connectivity index (χ1) is 26.5. The lowest BCUT2D eigenvalue weighted by Crippen LogP contribution is -2.46. The highest BCUT2D eigenvalue weighted by atomic mass is 31.2. The maximum atomic E-state index is 12.7. The predicted octanol–water partition coefficient (Wildman–Crippen LogP) is 12.7. The SMILES string of the molecule is CCCCCCCCCCCCCCCCCCCCCCCCCCCCCCCCC(=O)NC(COP(=O)([O-])OCC[N+](C)(C)C)C(O)CCCCC. The van der Waals surface area contributed by atoms with Crippen LogP contribution in [0.1, 0.15) is 239 Å². The molecular weight excluding hydrogens is 707 g/mol. The number of nitrogens with zero attached hydrogens (tertiary/aromatic N) is 1. The van der Waals surface area contributed by atoms with Gasteiger partial charge in [0.1, 0.15) is 13.2 Å². The summed E-state index contributed by atoms with van der Waals surface area (Å²) in [5.41, 5.74) is 0. The van der Waals surface area contributed by atoms with Gasteiger partial charge in [-0.05, 0) is 12.8 Å². The number of aliphatic hydroxyl groups excluding tert-OH is 1. The molecule has 0 bridgehead atoms. The first kappa shape index (κ1) is 54.5. The van der Waals surface area contributed by atoms with E-state index in [0.717, 1.165) is 38.5 Å². The molecule has 3 atom stereocenters. The van der Waals surface area contributed by atoms with Gasteiger partial charge in [0, 0.05) is 6.42 Å². The predicted molar refractivity (Wildman–Crippen MR) is 233 cm³/mol. The molecule has 0 fully saturated rings. The number of carbonyl (C=O) groups excluding carboxylic acids is 1. The van der Waals surface area contributed by atoms with Crippen molar-refractivity contribution in [3.05, 3.63) is 0 Å². The molecule has 3 unspecified atom stereocenters. The highest BCUT2D eigenvalue weighted by Gasteiger charge is 2.24. The second-order valence-corrected chi connectivity index (χ2v) is 19.2. The largest absolute Gasteiger partial charge is 0.756 e. The Labute approximate surface area is 342 Å². The number of rotatable bonds is 44. The van der Waals surface area contributed by atoms with E-state index in [9.17, 15) is 19.4 Å². The molecule has 8 nitrogen and oxygen atoms in total. The van der Waals surface area contributed by atoms with Crippen LogP contribution in [0.5, 0.6) is 0 Å². The van der Waals surface area contributed by atoms with Crippen molar-refractivity contribution in [2.45, 2.75) is 251 Å². The fourth-order valence-corrected chi connectivity index (χ4v) is 8.00. The van der Waals surface area contributed by atoms with E-state index in [1.807, 2.05) is 21.1 Å². The van der Waals surface area contributed by atoms with Crippen LogP contribution in [-0.4, -0.2) is 68.5 Å². The Morgan fingerprint density at radius 2 is 0.891 bits per heavy atom. The molecular formula is C46H95N2O6P. The van der Waals surface area contributed by atoms with Gasteiger partial charge in [0.15, 0.2) is 0 Å². The van der Waals surface area contributed by atoms with E-state index in [-0.39, 0.29) is 19.1 Å². The zero-order valence-electron chi connectivity index (χ0n) is 37.4. The molecule has 0 heterocycles. The lowest BCUT2D eigenvalue weighted by atomic mass is 10.0. The van der Waals surface area contributed by atoms with Gasteiger partial charge < -0.3 is 28.8 Å². The molecule has 0 spiro atoms. The van der Waals surface area contributed by atoms with Gasteiger partial charge in [-0.1, -0.05) is 219 Å². The number of aliphatic hydroxyl groups is 1. The third-order valence-electron chi connectivity index (χ3n) is 11.1. The smallest absolute Gasteiger partial charge is 0.268 e. The Morgan fingerprint density at radius 3 is 1.24 bits per heavy atom. The van der Waals surface area contributed by atoms with Gasteiger partial charge >= 0.3 is 0 Å². The maximum Gasteiger partial charge on any atom is 0.268 e. The Kier molecular flexibility index (Phi) is 38.6. The summed E-state index contributed by atoms with van der Waals surface area (Å²) in [5, 5.41) is 13.6. The van der Waals surface area contributed by atoms with Crippen LogP contribution in [-0.2, 0) is 18.4 Å². The fraction of sp³-hybridized carbons (Fsp3) is 0.978. The first-order valence-corrected chi connectivity index (χ1v) is 25.3. The van der Waals surface area contributed by atoms with Crippen molar-refractivity contribution in [1.29, 1.82) is 0 Å². The molecule has 2 N–H and O–H groups in total. The van der Waals surface area contributed by atoms with Crippen molar-refractivity contribution in [3.8, 4) is 0 Å². The van der Waals surface area contributed by atoms with Crippen LogP contribution in [0, 0.1) is 0 Å². The molecule has 0 aliphatic heterocycles. The molecule has 0 aliphatic rings. The van der Waals surface area contributed by atoms with Crippen molar-refractivity contribution in [3.63, 3.8) is 0 Å². The third-order valence-corrected chi connectivity index (χ3v) is 12.1. The Balaban J connectivity index is 3.69. The Morgan fingerprint density at radius 1 is 0.564 bits per heavy atom. The van der Waals surface area contributed by atoms with Gasteiger partial charge in [-0.15, -0.1) is 0 Å². The van der Waals surface area contributed by atoms with Crippen LogP contribution in [0.25, 0.3) is 0 Å². The summed E-state index contributed by atoms with van der Waals surface area (Å²) in [6.45, 7) is 4.57. The minimum atomic E-state index is -4.53. The average Bonchev–Trinajstić information content (AvgIpc) is 3.13. The molecule has 1 amide bonds. The first-order valence-electron chi connectivity index (χ1n) is 23.9. The van der Waals surface area contributed by atoms with Crippen LogP contribution in [0.2, 0.25) is 0 Å². The highest BCUT2D eigenvalue weighted by Crippen LogP contribution is 2.38. The number of nitrogens with one attached hydrogen (secondary N) is 1. The number of quaternary nitrogens is 1. The summed E-state index contributed by atoms with van der Waals surface area (Å²) in [7, 11) is 1.31. The number of hydrogen-bond acceptors (Lipinski definition) is 6. The number of carbonyl (C=O) groups is 1. The van der Waals surface area contributed by atoms with Crippen molar-refractivity contribution in [2.24, 2.45) is 0 Å². The van der Waals surface area contributed by atoms with E-state index in [1.165, 1.54) is 173 Å². The van der Waals surface area contributed by atoms with Gasteiger partial charge in [-0.2, -0.15) is 0 Å². The highest BCUT2D eigenvalue weighted by molar-refractivity contribution is 7.45. The molecule has 9 heteroatoms. The lowest BCUT2D eigenvalue weighted by Gasteiger charge is -2.30. The van der Waals surface area contributed by atoms with Crippen molar-refractivity contribution >= 4 is 13.7 Å². The van der Waals surface area contributed by atoms with E-state index in [2.05, 4.69) is 19.2 Å². The van der Waals surface area contributed by atoms with E-state index < -0.39 is 20.0 Å².